The third-order valence-corrected chi connectivity index (χ3v) is 3.05. The van der Waals surface area contributed by atoms with E-state index in [0.29, 0.717) is 43.4 Å². The maximum atomic E-state index is 11.6. The number of urea groups is 1. The summed E-state index contributed by atoms with van der Waals surface area (Å²) in [6.07, 6.45) is 0.395. The van der Waals surface area contributed by atoms with Gasteiger partial charge in [0.2, 0.25) is 0 Å². The third-order valence-electron chi connectivity index (χ3n) is 2.82. The molecule has 0 unspecified atom stereocenters. The van der Waals surface area contributed by atoms with Crippen molar-refractivity contribution in [3.05, 3.63) is 29.3 Å². The molecule has 1 saturated heterocycles. The fourth-order valence-electron chi connectivity index (χ4n) is 1.84. The van der Waals surface area contributed by atoms with E-state index < -0.39 is 0 Å². The van der Waals surface area contributed by atoms with Crippen molar-refractivity contribution in [1.82, 2.24) is 10.2 Å². The summed E-state index contributed by atoms with van der Waals surface area (Å²) in [4.78, 5) is 24.4. The fourth-order valence-corrected chi connectivity index (χ4v) is 2.03. The Morgan fingerprint density at radius 2 is 2.30 bits per heavy atom. The number of amides is 3. The molecular formula is C13H16ClN3O3. The molecule has 0 aliphatic carbocycles. The topological polar surface area (TPSA) is 70.7 Å². The van der Waals surface area contributed by atoms with E-state index in [-0.39, 0.29) is 12.1 Å². The second kappa shape index (κ2) is 7.00. The molecule has 0 aromatic heterocycles. The van der Waals surface area contributed by atoms with Crippen LogP contribution >= 0.6 is 11.6 Å². The summed E-state index contributed by atoms with van der Waals surface area (Å²) in [5.74, 6) is 0. The van der Waals surface area contributed by atoms with E-state index in [4.69, 9.17) is 16.3 Å². The lowest BCUT2D eigenvalue weighted by molar-refractivity contribution is 0.158. The molecule has 0 atom stereocenters. The zero-order valence-corrected chi connectivity index (χ0v) is 11.7. The average molecular weight is 298 g/mol. The van der Waals surface area contributed by atoms with Crippen LogP contribution in [-0.2, 0) is 4.74 Å². The molecule has 2 N–H and O–H groups in total. The molecular weight excluding hydrogens is 282 g/mol. The lowest BCUT2D eigenvalue weighted by Crippen LogP contribution is -2.32. The number of benzene rings is 1. The molecule has 2 rings (SSSR count). The molecule has 0 bridgehead atoms. The molecule has 1 aliphatic heterocycles. The minimum atomic E-state index is -0.295. The Bertz CT molecular complexity index is 496. The van der Waals surface area contributed by atoms with Gasteiger partial charge in [-0.05, 0) is 24.6 Å². The van der Waals surface area contributed by atoms with Gasteiger partial charge in [0.05, 0.1) is 6.54 Å². The van der Waals surface area contributed by atoms with Crippen molar-refractivity contribution in [2.45, 2.75) is 6.42 Å². The Morgan fingerprint density at radius 3 is 3.00 bits per heavy atom. The number of hydrogen-bond donors (Lipinski definition) is 2. The average Bonchev–Trinajstić information content (AvgIpc) is 2.80. The number of halogens is 1. The van der Waals surface area contributed by atoms with E-state index in [1.165, 1.54) is 0 Å². The predicted octanol–water partition coefficient (Wildman–Crippen LogP) is 2.30. The molecule has 7 heteroatoms. The Hall–Kier alpha value is -1.95. The van der Waals surface area contributed by atoms with E-state index >= 15 is 0 Å². The summed E-state index contributed by atoms with van der Waals surface area (Å²) in [5, 5.41) is 5.96. The van der Waals surface area contributed by atoms with Gasteiger partial charge in [0, 0.05) is 23.8 Å². The van der Waals surface area contributed by atoms with Crippen LogP contribution in [0.5, 0.6) is 0 Å². The minimum Gasteiger partial charge on any atom is -0.448 e. The molecule has 3 amide bonds. The lowest BCUT2D eigenvalue weighted by atomic mass is 10.3. The van der Waals surface area contributed by atoms with Crippen molar-refractivity contribution in [2.75, 3.05) is 31.6 Å². The van der Waals surface area contributed by atoms with E-state index in [0.717, 1.165) is 0 Å². The number of anilines is 1. The molecule has 1 aromatic carbocycles. The molecule has 6 nitrogen and oxygen atoms in total. The number of hydrogen-bond acceptors (Lipinski definition) is 3. The number of cyclic esters (lactones) is 1. The van der Waals surface area contributed by atoms with Crippen molar-refractivity contribution >= 4 is 29.4 Å². The van der Waals surface area contributed by atoms with Crippen molar-refractivity contribution in [2.24, 2.45) is 0 Å². The van der Waals surface area contributed by atoms with Gasteiger partial charge in [0.25, 0.3) is 0 Å². The second-order valence-electron chi connectivity index (χ2n) is 4.35. The second-order valence-corrected chi connectivity index (χ2v) is 4.78. The zero-order valence-electron chi connectivity index (χ0n) is 10.9. The maximum absolute atomic E-state index is 11.6. The van der Waals surface area contributed by atoms with Gasteiger partial charge < -0.3 is 20.3 Å². The zero-order chi connectivity index (χ0) is 14.4. The van der Waals surface area contributed by atoms with Gasteiger partial charge >= 0.3 is 12.1 Å². The predicted molar refractivity (Wildman–Crippen MR) is 76.0 cm³/mol. The molecule has 1 aliphatic rings. The minimum absolute atomic E-state index is 0.284. The first-order chi connectivity index (χ1) is 9.65. The summed E-state index contributed by atoms with van der Waals surface area (Å²) >= 11 is 5.82. The number of nitrogens with one attached hydrogen (secondary N) is 2. The monoisotopic (exact) mass is 297 g/mol. The smallest absolute Gasteiger partial charge is 0.409 e. The first-order valence-corrected chi connectivity index (χ1v) is 6.75. The van der Waals surface area contributed by atoms with Crippen LogP contribution in [0.15, 0.2) is 24.3 Å². The van der Waals surface area contributed by atoms with Crippen LogP contribution in [0.3, 0.4) is 0 Å². The van der Waals surface area contributed by atoms with Crippen LogP contribution in [0, 0.1) is 0 Å². The summed E-state index contributed by atoms with van der Waals surface area (Å²) in [6.45, 7) is 2.13. The molecule has 1 aromatic rings. The summed E-state index contributed by atoms with van der Waals surface area (Å²) in [5.41, 5.74) is 0.637. The fraction of sp³-hybridized carbons (Fsp3) is 0.385. The Morgan fingerprint density at radius 1 is 1.45 bits per heavy atom. The van der Waals surface area contributed by atoms with Crippen LogP contribution in [0.1, 0.15) is 6.42 Å². The first kappa shape index (κ1) is 14.5. The van der Waals surface area contributed by atoms with Crippen molar-refractivity contribution in [3.8, 4) is 0 Å². The molecule has 0 saturated carbocycles. The Kier molecular flexibility index (Phi) is 5.06. The van der Waals surface area contributed by atoms with E-state index in [1.54, 1.807) is 29.2 Å². The largest absolute Gasteiger partial charge is 0.448 e. The van der Waals surface area contributed by atoms with Gasteiger partial charge in [-0.2, -0.15) is 0 Å². The van der Waals surface area contributed by atoms with Crippen molar-refractivity contribution in [3.63, 3.8) is 0 Å². The number of carbonyl (C=O) groups is 2. The van der Waals surface area contributed by atoms with E-state index in [2.05, 4.69) is 10.6 Å². The highest BCUT2D eigenvalue weighted by Crippen LogP contribution is 2.14. The Balaban J connectivity index is 1.64. The number of nitrogens with zero attached hydrogens (tertiary/aromatic N) is 1. The number of rotatable bonds is 5. The van der Waals surface area contributed by atoms with Crippen LogP contribution < -0.4 is 10.6 Å². The number of ether oxygens (including phenoxy) is 1. The van der Waals surface area contributed by atoms with Crippen LogP contribution in [0.2, 0.25) is 5.02 Å². The summed E-state index contributed by atoms with van der Waals surface area (Å²) in [6, 6.07) is 6.63. The molecule has 1 fully saturated rings. The van der Waals surface area contributed by atoms with Gasteiger partial charge in [-0.15, -0.1) is 0 Å². The van der Waals surface area contributed by atoms with Gasteiger partial charge in [0.1, 0.15) is 6.61 Å². The van der Waals surface area contributed by atoms with Crippen LogP contribution in [0.25, 0.3) is 0 Å². The normalized spacial score (nSPS) is 14.1. The first-order valence-electron chi connectivity index (χ1n) is 6.37. The highest BCUT2D eigenvalue weighted by molar-refractivity contribution is 6.30. The standard InChI is InChI=1S/C13H16ClN3O3/c14-10-3-1-4-11(9-10)16-12(18)15-5-2-6-17-7-8-20-13(17)19/h1,3-4,9H,2,5-8H2,(H2,15,16,18). The van der Waals surface area contributed by atoms with Crippen molar-refractivity contribution in [1.29, 1.82) is 0 Å². The molecule has 108 valence electrons. The van der Waals surface area contributed by atoms with Gasteiger partial charge in [-0.25, -0.2) is 9.59 Å². The SMILES string of the molecule is O=C(NCCCN1CCOC1=O)Nc1cccc(Cl)c1. The van der Waals surface area contributed by atoms with Crippen molar-refractivity contribution < 1.29 is 14.3 Å². The maximum Gasteiger partial charge on any atom is 0.409 e. The summed E-state index contributed by atoms with van der Waals surface area (Å²) in [7, 11) is 0. The van der Waals surface area contributed by atoms with E-state index in [1.807, 2.05) is 0 Å². The van der Waals surface area contributed by atoms with Gasteiger partial charge in [0.15, 0.2) is 0 Å². The molecule has 0 spiro atoms. The lowest BCUT2D eigenvalue weighted by Gasteiger charge is -2.12. The quantitative estimate of drug-likeness (QED) is 0.819. The van der Waals surface area contributed by atoms with Crippen LogP contribution in [0.4, 0.5) is 15.3 Å². The third kappa shape index (κ3) is 4.31. The molecule has 0 radical (unpaired) electrons. The van der Waals surface area contributed by atoms with Gasteiger partial charge in [-0.3, -0.25) is 0 Å². The van der Waals surface area contributed by atoms with Crippen LogP contribution in [-0.4, -0.2) is 43.3 Å². The van der Waals surface area contributed by atoms with Gasteiger partial charge in [-0.1, -0.05) is 17.7 Å². The van der Waals surface area contributed by atoms with E-state index in [9.17, 15) is 9.59 Å². The highest BCUT2D eigenvalue weighted by Gasteiger charge is 2.20. The summed E-state index contributed by atoms with van der Waals surface area (Å²) < 4.78 is 4.81. The molecule has 1 heterocycles. The highest BCUT2D eigenvalue weighted by atomic mass is 35.5. The number of carbonyl (C=O) groups excluding carboxylic acids is 2. The molecule has 20 heavy (non-hydrogen) atoms. The Labute approximate surface area is 122 Å².